The SMILES string of the molecule is COCCn1c(N)c(C(=O)CSc2nc3ccccc3n2-c2ccc(C)cc2)c(=O)[nH]c1=O. The molecule has 3 N–H and O–H groups in total. The lowest BCUT2D eigenvalue weighted by atomic mass is 10.2. The summed E-state index contributed by atoms with van der Waals surface area (Å²) >= 11 is 1.20. The van der Waals surface area contributed by atoms with Crippen molar-refractivity contribution in [3.63, 3.8) is 0 Å². The summed E-state index contributed by atoms with van der Waals surface area (Å²) in [7, 11) is 1.48. The quantitative estimate of drug-likeness (QED) is 0.302. The van der Waals surface area contributed by atoms with Crippen LogP contribution in [0.3, 0.4) is 0 Å². The van der Waals surface area contributed by atoms with E-state index in [2.05, 4.69) is 9.97 Å². The van der Waals surface area contributed by atoms with Crippen LogP contribution in [-0.2, 0) is 11.3 Å². The van der Waals surface area contributed by atoms with Crippen LogP contribution >= 0.6 is 11.8 Å². The number of nitrogens with two attached hydrogens (primary N) is 1. The zero-order valence-electron chi connectivity index (χ0n) is 18.2. The number of aryl methyl sites for hydroxylation is 1. The van der Waals surface area contributed by atoms with Gasteiger partial charge >= 0.3 is 5.69 Å². The number of H-pyrrole nitrogens is 1. The lowest BCUT2D eigenvalue weighted by Gasteiger charge is -2.12. The van der Waals surface area contributed by atoms with Gasteiger partial charge in [0.1, 0.15) is 11.4 Å². The van der Waals surface area contributed by atoms with E-state index in [9.17, 15) is 14.4 Å². The van der Waals surface area contributed by atoms with Gasteiger partial charge in [-0.05, 0) is 31.2 Å². The van der Waals surface area contributed by atoms with Crippen molar-refractivity contribution < 1.29 is 9.53 Å². The monoisotopic (exact) mass is 465 g/mol. The average molecular weight is 466 g/mol. The highest BCUT2D eigenvalue weighted by Crippen LogP contribution is 2.28. The smallest absolute Gasteiger partial charge is 0.330 e. The van der Waals surface area contributed by atoms with E-state index >= 15 is 0 Å². The van der Waals surface area contributed by atoms with E-state index in [0.29, 0.717) is 5.16 Å². The lowest BCUT2D eigenvalue weighted by molar-refractivity contribution is 0.102. The molecule has 0 aliphatic carbocycles. The lowest BCUT2D eigenvalue weighted by Crippen LogP contribution is -2.37. The first kappa shape index (κ1) is 22.6. The second kappa shape index (κ2) is 9.47. The number of nitrogens with one attached hydrogen (secondary N) is 1. The Balaban J connectivity index is 1.68. The molecule has 0 saturated heterocycles. The molecule has 0 radical (unpaired) electrons. The van der Waals surface area contributed by atoms with Gasteiger partial charge in [-0.2, -0.15) is 0 Å². The predicted molar refractivity (Wildman–Crippen MR) is 128 cm³/mol. The zero-order chi connectivity index (χ0) is 23.5. The van der Waals surface area contributed by atoms with Crippen molar-refractivity contribution in [2.75, 3.05) is 25.2 Å². The maximum atomic E-state index is 13.0. The number of imidazole rings is 1. The number of carbonyl (C=O) groups excluding carboxylic acids is 1. The standard InChI is InChI=1S/C23H23N5O4S/c1-14-7-9-15(10-8-14)28-17-6-4-3-5-16(17)25-23(28)33-13-18(29)19-20(24)27(11-12-32-2)22(31)26-21(19)30/h3-10H,11-13,24H2,1-2H3,(H,26,30,31). The number of methoxy groups -OCH3 is 1. The molecule has 9 nitrogen and oxygen atoms in total. The number of Topliss-reactive ketones (excluding diaryl/α,β-unsaturated/α-hetero) is 1. The number of ether oxygens (including phenoxy) is 1. The zero-order valence-corrected chi connectivity index (χ0v) is 19.0. The minimum atomic E-state index is -0.802. The summed E-state index contributed by atoms with van der Waals surface area (Å²) in [5.74, 6) is -0.740. The second-order valence-corrected chi connectivity index (χ2v) is 8.37. The van der Waals surface area contributed by atoms with Crippen LogP contribution in [0.5, 0.6) is 0 Å². The van der Waals surface area contributed by atoms with Crippen LogP contribution in [0.15, 0.2) is 63.3 Å². The van der Waals surface area contributed by atoms with Crippen LogP contribution in [0, 0.1) is 6.92 Å². The number of hydrogen-bond acceptors (Lipinski definition) is 7. The molecule has 0 unspecified atom stereocenters. The summed E-state index contributed by atoms with van der Waals surface area (Å²) in [4.78, 5) is 44.3. The second-order valence-electron chi connectivity index (χ2n) is 7.43. The predicted octanol–water partition coefficient (Wildman–Crippen LogP) is 2.39. The Morgan fingerprint density at radius 1 is 1.15 bits per heavy atom. The van der Waals surface area contributed by atoms with Crippen LogP contribution in [-0.4, -0.2) is 44.4 Å². The Morgan fingerprint density at radius 3 is 2.61 bits per heavy atom. The van der Waals surface area contributed by atoms with E-state index in [4.69, 9.17) is 10.5 Å². The molecule has 4 aromatic rings. The molecule has 33 heavy (non-hydrogen) atoms. The minimum absolute atomic E-state index is 0.0784. The first-order valence-electron chi connectivity index (χ1n) is 10.2. The largest absolute Gasteiger partial charge is 0.384 e. The van der Waals surface area contributed by atoms with Crippen molar-refractivity contribution >= 4 is 34.4 Å². The van der Waals surface area contributed by atoms with Crippen LogP contribution in [0.1, 0.15) is 15.9 Å². The van der Waals surface area contributed by atoms with E-state index < -0.39 is 17.0 Å². The third-order valence-corrected chi connectivity index (χ3v) is 6.13. The molecule has 0 amide bonds. The molecule has 0 bridgehead atoms. The maximum Gasteiger partial charge on any atom is 0.330 e. The summed E-state index contributed by atoms with van der Waals surface area (Å²) in [5, 5.41) is 0.608. The number of rotatable bonds is 8. The van der Waals surface area contributed by atoms with Gasteiger partial charge in [-0.3, -0.25) is 23.7 Å². The first-order valence-corrected chi connectivity index (χ1v) is 11.2. The number of para-hydroxylation sites is 2. The molecule has 0 saturated carbocycles. The number of thioether (sulfide) groups is 1. The van der Waals surface area contributed by atoms with Crippen LogP contribution in [0.4, 0.5) is 5.82 Å². The normalized spacial score (nSPS) is 11.2. The van der Waals surface area contributed by atoms with Gasteiger partial charge in [0.15, 0.2) is 10.9 Å². The Labute approximate surface area is 193 Å². The van der Waals surface area contributed by atoms with E-state index in [0.717, 1.165) is 26.9 Å². The number of fused-ring (bicyclic) bond motifs is 1. The molecule has 0 atom stereocenters. The third kappa shape index (κ3) is 4.48. The molecule has 2 aromatic heterocycles. The van der Waals surface area contributed by atoms with Gasteiger partial charge in [-0.25, -0.2) is 9.78 Å². The molecular formula is C23H23N5O4S. The summed E-state index contributed by atoms with van der Waals surface area (Å²) in [5.41, 5.74) is 8.04. The number of aromatic amines is 1. The van der Waals surface area contributed by atoms with Gasteiger partial charge in [0.2, 0.25) is 0 Å². The van der Waals surface area contributed by atoms with Crippen molar-refractivity contribution in [2.45, 2.75) is 18.6 Å². The third-order valence-electron chi connectivity index (χ3n) is 5.19. The van der Waals surface area contributed by atoms with Crippen molar-refractivity contribution in [2.24, 2.45) is 0 Å². The molecule has 0 fully saturated rings. The number of ketones is 1. The van der Waals surface area contributed by atoms with Crippen molar-refractivity contribution in [1.82, 2.24) is 19.1 Å². The van der Waals surface area contributed by atoms with Gasteiger partial charge in [0.25, 0.3) is 5.56 Å². The van der Waals surface area contributed by atoms with Gasteiger partial charge in [0, 0.05) is 12.8 Å². The van der Waals surface area contributed by atoms with Gasteiger partial charge < -0.3 is 10.5 Å². The number of anilines is 1. The van der Waals surface area contributed by atoms with Crippen LogP contribution in [0.25, 0.3) is 16.7 Å². The molecule has 0 aliphatic heterocycles. The molecule has 2 aromatic carbocycles. The first-order chi connectivity index (χ1) is 15.9. The van der Waals surface area contributed by atoms with Crippen molar-refractivity contribution in [3.05, 3.63) is 80.5 Å². The Hall–Kier alpha value is -3.63. The molecule has 10 heteroatoms. The minimum Gasteiger partial charge on any atom is -0.384 e. The van der Waals surface area contributed by atoms with Crippen LogP contribution < -0.4 is 17.0 Å². The van der Waals surface area contributed by atoms with Crippen molar-refractivity contribution in [3.8, 4) is 5.69 Å². The Morgan fingerprint density at radius 2 is 1.88 bits per heavy atom. The number of aromatic nitrogens is 4. The summed E-state index contributed by atoms with van der Waals surface area (Å²) in [6.45, 7) is 2.34. The summed E-state index contributed by atoms with van der Waals surface area (Å²) in [6.07, 6.45) is 0. The summed E-state index contributed by atoms with van der Waals surface area (Å²) < 4.78 is 8.08. The fourth-order valence-corrected chi connectivity index (χ4v) is 4.41. The number of benzene rings is 2. The van der Waals surface area contributed by atoms with Gasteiger partial charge in [-0.15, -0.1) is 0 Å². The number of carbonyl (C=O) groups is 1. The van der Waals surface area contributed by atoms with E-state index in [1.165, 1.54) is 18.9 Å². The number of nitrogens with zero attached hydrogens (tertiary/aromatic N) is 3. The van der Waals surface area contributed by atoms with E-state index in [1.54, 1.807) is 0 Å². The topological polar surface area (TPSA) is 125 Å². The highest BCUT2D eigenvalue weighted by molar-refractivity contribution is 7.99. The molecule has 0 aliphatic rings. The van der Waals surface area contributed by atoms with Crippen molar-refractivity contribution in [1.29, 1.82) is 0 Å². The highest BCUT2D eigenvalue weighted by atomic mass is 32.2. The maximum absolute atomic E-state index is 13.0. The Kier molecular flexibility index (Phi) is 6.47. The van der Waals surface area contributed by atoms with Crippen LogP contribution in [0.2, 0.25) is 0 Å². The molecule has 170 valence electrons. The molecular weight excluding hydrogens is 442 g/mol. The van der Waals surface area contributed by atoms with Gasteiger partial charge in [-0.1, -0.05) is 41.6 Å². The average Bonchev–Trinajstić information content (AvgIpc) is 3.16. The van der Waals surface area contributed by atoms with Gasteiger partial charge in [0.05, 0.1) is 29.9 Å². The number of hydrogen-bond donors (Lipinski definition) is 2. The Bertz CT molecular complexity index is 1440. The molecule has 0 spiro atoms. The molecule has 4 rings (SSSR count). The highest BCUT2D eigenvalue weighted by Gasteiger charge is 2.21. The summed E-state index contributed by atoms with van der Waals surface area (Å²) in [6, 6.07) is 15.7. The molecule has 2 heterocycles. The number of nitrogen functional groups attached to an aromatic ring is 1. The fraction of sp³-hybridized carbons (Fsp3) is 0.217. The van der Waals surface area contributed by atoms with E-state index in [1.807, 2.05) is 60.0 Å². The fourth-order valence-electron chi connectivity index (χ4n) is 3.51. The van der Waals surface area contributed by atoms with E-state index in [-0.39, 0.29) is 30.3 Å².